The minimum atomic E-state index is 0. The normalized spacial score (nSPS) is 18.9. The van der Waals surface area contributed by atoms with Crippen LogP contribution in [0.2, 0.25) is 0 Å². The summed E-state index contributed by atoms with van der Waals surface area (Å²) in [6, 6.07) is 4.42. The molecule has 9 heteroatoms. The van der Waals surface area contributed by atoms with Crippen LogP contribution in [0.4, 0.5) is 0 Å². The summed E-state index contributed by atoms with van der Waals surface area (Å²) in [6.45, 7) is 14.8. The second kappa shape index (κ2) is 16.7. The van der Waals surface area contributed by atoms with Crippen LogP contribution in [-0.4, -0.2) is 100 Å². The molecule has 3 rings (SSSR count). The van der Waals surface area contributed by atoms with E-state index in [0.29, 0.717) is 12.1 Å². The number of nitrogens with one attached hydrogen (secondary N) is 2. The maximum Gasteiger partial charge on any atom is 0.191 e. The second-order valence-electron chi connectivity index (χ2n) is 8.97. The Hall–Kier alpha value is -0.880. The molecule has 2 saturated heterocycles. The maximum absolute atomic E-state index is 5.71. The topological polar surface area (TPSA) is 74.5 Å². The summed E-state index contributed by atoms with van der Waals surface area (Å²) in [4.78, 5) is 9.85. The molecule has 0 aromatic carbocycles. The third-order valence-corrected chi connectivity index (χ3v) is 6.04. The van der Waals surface area contributed by atoms with Crippen LogP contribution in [0, 0.1) is 0 Å². The molecule has 0 radical (unpaired) electrons. The number of rotatable bonds is 12. The fourth-order valence-corrected chi connectivity index (χ4v) is 4.13. The standard InChI is InChI=1S/C24H43N5O3.HI/c1-21(2)31-20-16-29-12-7-22(8-13-29)27-24(26-10-6-23-5-3-17-32-23)25-9-4-11-28-14-18-30-19-15-28;/h3,5,17,21-22H,4,6-16,18-20H2,1-2H3,(H2,25,26,27);1H. The van der Waals surface area contributed by atoms with Gasteiger partial charge in [0.25, 0.3) is 0 Å². The van der Waals surface area contributed by atoms with Gasteiger partial charge in [0.1, 0.15) is 5.76 Å². The summed E-state index contributed by atoms with van der Waals surface area (Å²) < 4.78 is 16.6. The number of guanidine groups is 1. The summed E-state index contributed by atoms with van der Waals surface area (Å²) in [7, 11) is 0. The van der Waals surface area contributed by atoms with Crippen molar-refractivity contribution in [3.8, 4) is 0 Å². The number of furan rings is 1. The van der Waals surface area contributed by atoms with Crippen molar-refractivity contribution in [2.45, 2.75) is 51.7 Å². The first-order valence-electron chi connectivity index (χ1n) is 12.4. The molecule has 33 heavy (non-hydrogen) atoms. The van der Waals surface area contributed by atoms with Gasteiger partial charge in [0, 0.05) is 64.8 Å². The van der Waals surface area contributed by atoms with E-state index in [9.17, 15) is 0 Å². The fourth-order valence-electron chi connectivity index (χ4n) is 4.13. The van der Waals surface area contributed by atoms with E-state index < -0.39 is 0 Å². The Morgan fingerprint density at radius 1 is 1.15 bits per heavy atom. The molecular formula is C24H44IN5O3. The lowest BCUT2D eigenvalue weighted by atomic mass is 10.1. The van der Waals surface area contributed by atoms with E-state index in [-0.39, 0.29) is 24.0 Å². The minimum Gasteiger partial charge on any atom is -0.469 e. The van der Waals surface area contributed by atoms with Crippen molar-refractivity contribution in [2.24, 2.45) is 4.99 Å². The predicted octanol–water partition coefficient (Wildman–Crippen LogP) is 2.59. The summed E-state index contributed by atoms with van der Waals surface area (Å²) in [6.07, 6.45) is 6.23. The van der Waals surface area contributed by atoms with Crippen LogP contribution in [0.25, 0.3) is 0 Å². The second-order valence-corrected chi connectivity index (χ2v) is 8.97. The number of piperidine rings is 1. The largest absolute Gasteiger partial charge is 0.469 e. The molecule has 0 atom stereocenters. The summed E-state index contributed by atoms with van der Waals surface area (Å²) in [5.74, 6) is 1.93. The van der Waals surface area contributed by atoms with E-state index in [2.05, 4.69) is 34.3 Å². The first-order chi connectivity index (χ1) is 15.7. The summed E-state index contributed by atoms with van der Waals surface area (Å²) >= 11 is 0. The van der Waals surface area contributed by atoms with Crippen molar-refractivity contribution in [1.82, 2.24) is 20.4 Å². The molecule has 1 aromatic heterocycles. The van der Waals surface area contributed by atoms with Crippen LogP contribution < -0.4 is 10.6 Å². The zero-order chi connectivity index (χ0) is 22.4. The van der Waals surface area contributed by atoms with Gasteiger partial charge in [-0.3, -0.25) is 9.89 Å². The molecule has 0 saturated carbocycles. The molecule has 190 valence electrons. The molecule has 0 amide bonds. The zero-order valence-electron chi connectivity index (χ0n) is 20.5. The molecule has 2 fully saturated rings. The van der Waals surface area contributed by atoms with Crippen LogP contribution in [0.1, 0.15) is 38.9 Å². The lowest BCUT2D eigenvalue weighted by molar-refractivity contribution is 0.0377. The highest BCUT2D eigenvalue weighted by atomic mass is 127. The minimum absolute atomic E-state index is 0. The lowest BCUT2D eigenvalue weighted by Crippen LogP contribution is -2.49. The molecule has 1 aromatic rings. The van der Waals surface area contributed by atoms with E-state index >= 15 is 0 Å². The average molecular weight is 578 g/mol. The first-order valence-corrected chi connectivity index (χ1v) is 12.4. The van der Waals surface area contributed by atoms with Crippen LogP contribution in [0.5, 0.6) is 0 Å². The van der Waals surface area contributed by atoms with Gasteiger partial charge in [-0.05, 0) is 45.2 Å². The SMILES string of the molecule is CC(C)OCCN1CCC(NC(=NCCCN2CCOCC2)NCCc2ccco2)CC1.I. The van der Waals surface area contributed by atoms with Crippen LogP contribution >= 0.6 is 24.0 Å². The molecule has 2 aliphatic heterocycles. The van der Waals surface area contributed by atoms with Crippen LogP contribution in [0.3, 0.4) is 0 Å². The van der Waals surface area contributed by atoms with Crippen molar-refractivity contribution in [2.75, 3.05) is 72.2 Å². The van der Waals surface area contributed by atoms with Crippen molar-refractivity contribution < 1.29 is 13.9 Å². The van der Waals surface area contributed by atoms with Crippen molar-refractivity contribution in [3.05, 3.63) is 24.2 Å². The van der Waals surface area contributed by atoms with Gasteiger partial charge in [-0.1, -0.05) is 0 Å². The summed E-state index contributed by atoms with van der Waals surface area (Å²) in [5, 5.41) is 7.20. The third kappa shape index (κ3) is 11.9. The van der Waals surface area contributed by atoms with Gasteiger partial charge in [0.2, 0.25) is 0 Å². The Bertz CT molecular complexity index is 630. The lowest BCUT2D eigenvalue weighted by Gasteiger charge is -2.33. The van der Waals surface area contributed by atoms with Gasteiger partial charge < -0.3 is 29.4 Å². The molecule has 3 heterocycles. The Kier molecular flexibility index (Phi) is 14.3. The average Bonchev–Trinajstić information content (AvgIpc) is 3.32. The third-order valence-electron chi connectivity index (χ3n) is 6.04. The van der Waals surface area contributed by atoms with Crippen LogP contribution in [-0.2, 0) is 15.9 Å². The number of halogens is 1. The molecule has 0 aliphatic carbocycles. The molecule has 0 bridgehead atoms. The Balaban J connectivity index is 0.00000385. The first kappa shape index (κ1) is 28.4. The van der Waals surface area contributed by atoms with Gasteiger partial charge >= 0.3 is 0 Å². The number of ether oxygens (including phenoxy) is 2. The van der Waals surface area contributed by atoms with Crippen molar-refractivity contribution in [1.29, 1.82) is 0 Å². The molecule has 2 N–H and O–H groups in total. The quantitative estimate of drug-likeness (QED) is 0.171. The van der Waals surface area contributed by atoms with Gasteiger partial charge in [-0.25, -0.2) is 0 Å². The van der Waals surface area contributed by atoms with E-state index in [1.807, 2.05) is 12.1 Å². The fraction of sp³-hybridized carbons (Fsp3) is 0.792. The molecule has 2 aliphatic rings. The Labute approximate surface area is 216 Å². The summed E-state index contributed by atoms with van der Waals surface area (Å²) in [5.41, 5.74) is 0. The Morgan fingerprint density at radius 2 is 1.91 bits per heavy atom. The van der Waals surface area contributed by atoms with Crippen molar-refractivity contribution in [3.63, 3.8) is 0 Å². The highest BCUT2D eigenvalue weighted by molar-refractivity contribution is 14.0. The maximum atomic E-state index is 5.71. The number of hydrogen-bond donors (Lipinski definition) is 2. The number of likely N-dealkylation sites (tertiary alicyclic amines) is 1. The van der Waals surface area contributed by atoms with E-state index in [1.165, 1.54) is 0 Å². The molecule has 0 spiro atoms. The van der Waals surface area contributed by atoms with E-state index in [0.717, 1.165) is 110 Å². The number of aliphatic imine (C=N–C) groups is 1. The molecule has 0 unspecified atom stereocenters. The van der Waals surface area contributed by atoms with Gasteiger partial charge in [-0.15, -0.1) is 24.0 Å². The number of morpholine rings is 1. The molecule has 8 nitrogen and oxygen atoms in total. The highest BCUT2D eigenvalue weighted by Gasteiger charge is 2.20. The van der Waals surface area contributed by atoms with Gasteiger partial charge in [0.05, 0.1) is 32.2 Å². The van der Waals surface area contributed by atoms with Crippen LogP contribution in [0.15, 0.2) is 27.8 Å². The highest BCUT2D eigenvalue weighted by Crippen LogP contribution is 2.10. The number of hydrogen-bond acceptors (Lipinski definition) is 6. The zero-order valence-corrected chi connectivity index (χ0v) is 22.8. The van der Waals surface area contributed by atoms with Gasteiger partial charge in [0.15, 0.2) is 5.96 Å². The predicted molar refractivity (Wildman–Crippen MR) is 144 cm³/mol. The van der Waals surface area contributed by atoms with Crippen molar-refractivity contribution >= 4 is 29.9 Å². The smallest absolute Gasteiger partial charge is 0.191 e. The Morgan fingerprint density at radius 3 is 2.61 bits per heavy atom. The monoisotopic (exact) mass is 577 g/mol. The van der Waals surface area contributed by atoms with E-state index in [1.54, 1.807) is 6.26 Å². The van der Waals surface area contributed by atoms with Gasteiger partial charge in [-0.2, -0.15) is 0 Å². The number of nitrogens with zero attached hydrogens (tertiary/aromatic N) is 3. The molecular weight excluding hydrogens is 533 g/mol. The van der Waals surface area contributed by atoms with E-state index in [4.69, 9.17) is 18.9 Å².